The van der Waals surface area contributed by atoms with Crippen LogP contribution in [0.4, 0.5) is 0 Å². The molecule has 0 N–H and O–H groups in total. The second-order valence-corrected chi connectivity index (χ2v) is 3.84. The van der Waals surface area contributed by atoms with Crippen molar-refractivity contribution in [3.8, 4) is 0 Å². The average molecular weight is 172 g/mol. The van der Waals surface area contributed by atoms with Crippen LogP contribution in [0.15, 0.2) is 24.5 Å². The van der Waals surface area contributed by atoms with Gasteiger partial charge in [0.15, 0.2) is 0 Å². The minimum atomic E-state index is 0.817. The molecular weight excluding hydrogens is 160 g/mol. The van der Waals surface area contributed by atoms with Gasteiger partial charge in [0, 0.05) is 24.3 Å². The maximum atomic E-state index is 4.15. The van der Waals surface area contributed by atoms with Gasteiger partial charge < -0.3 is 4.57 Å². The molecule has 1 aliphatic carbocycles. The highest BCUT2D eigenvalue weighted by atomic mass is 15.0. The molecule has 1 aliphatic rings. The Bertz CT molecular complexity index is 452. The molecule has 0 aromatic carbocycles. The van der Waals surface area contributed by atoms with Crippen LogP contribution in [0.5, 0.6) is 0 Å². The molecule has 13 heavy (non-hydrogen) atoms. The first-order valence-electron chi connectivity index (χ1n) is 4.75. The first kappa shape index (κ1) is 7.13. The molecule has 0 atom stereocenters. The normalized spacial score (nSPS) is 16.7. The molecule has 0 spiro atoms. The van der Waals surface area contributed by atoms with Crippen LogP contribution in [-0.2, 0) is 7.05 Å². The second kappa shape index (κ2) is 2.34. The quantitative estimate of drug-likeness (QED) is 0.646. The summed E-state index contributed by atoms with van der Waals surface area (Å²) < 4.78 is 2.28. The van der Waals surface area contributed by atoms with Crippen molar-refractivity contribution in [1.82, 2.24) is 9.55 Å². The van der Waals surface area contributed by atoms with E-state index in [1.807, 2.05) is 12.4 Å². The first-order valence-corrected chi connectivity index (χ1v) is 4.75. The van der Waals surface area contributed by atoms with Crippen molar-refractivity contribution in [3.05, 3.63) is 30.2 Å². The van der Waals surface area contributed by atoms with E-state index < -0.39 is 0 Å². The van der Waals surface area contributed by atoms with Crippen LogP contribution in [0.1, 0.15) is 24.5 Å². The van der Waals surface area contributed by atoms with Gasteiger partial charge in [-0.25, -0.2) is 0 Å². The molecule has 2 aromatic rings. The van der Waals surface area contributed by atoms with Crippen LogP contribution in [0.3, 0.4) is 0 Å². The molecular formula is C11H12N2. The van der Waals surface area contributed by atoms with E-state index in [4.69, 9.17) is 0 Å². The fraction of sp³-hybridized carbons (Fsp3) is 0.364. The van der Waals surface area contributed by atoms with Gasteiger partial charge in [-0.2, -0.15) is 0 Å². The Labute approximate surface area is 77.2 Å². The van der Waals surface area contributed by atoms with E-state index in [-0.39, 0.29) is 0 Å². The molecule has 0 unspecified atom stereocenters. The fourth-order valence-corrected chi connectivity index (χ4v) is 1.97. The minimum Gasteiger partial charge on any atom is -0.346 e. The predicted octanol–water partition coefficient (Wildman–Crippen LogP) is 2.45. The smallest absolute Gasteiger partial charge is 0.0666 e. The monoisotopic (exact) mass is 172 g/mol. The molecule has 3 rings (SSSR count). The van der Waals surface area contributed by atoms with Crippen LogP contribution >= 0.6 is 0 Å². The lowest BCUT2D eigenvalue weighted by molar-refractivity contribution is 0.856. The molecule has 0 bridgehead atoms. The maximum Gasteiger partial charge on any atom is 0.0666 e. The van der Waals surface area contributed by atoms with Gasteiger partial charge >= 0.3 is 0 Å². The van der Waals surface area contributed by atoms with Crippen LogP contribution in [0, 0.1) is 0 Å². The maximum absolute atomic E-state index is 4.15. The van der Waals surface area contributed by atoms with Crippen LogP contribution < -0.4 is 0 Å². The van der Waals surface area contributed by atoms with Crippen LogP contribution in [-0.4, -0.2) is 9.55 Å². The Morgan fingerprint density at radius 3 is 3.00 bits per heavy atom. The standard InChI is InChI=1S/C11H12N2/c1-13-10(8-2-3-8)6-9-4-5-12-7-11(9)13/h4-8H,2-3H2,1H3. The van der Waals surface area contributed by atoms with Crippen molar-refractivity contribution in [1.29, 1.82) is 0 Å². The summed E-state index contributed by atoms with van der Waals surface area (Å²) in [4.78, 5) is 4.15. The van der Waals surface area contributed by atoms with Gasteiger partial charge in [0.05, 0.1) is 11.7 Å². The molecule has 1 fully saturated rings. The zero-order valence-electron chi connectivity index (χ0n) is 7.70. The van der Waals surface area contributed by atoms with E-state index in [1.54, 1.807) is 0 Å². The number of fused-ring (bicyclic) bond motifs is 1. The number of aryl methyl sites for hydroxylation is 1. The van der Waals surface area contributed by atoms with E-state index in [1.165, 1.54) is 29.4 Å². The summed E-state index contributed by atoms with van der Waals surface area (Å²) in [6.07, 6.45) is 6.52. The summed E-state index contributed by atoms with van der Waals surface area (Å²) in [6, 6.07) is 4.38. The van der Waals surface area contributed by atoms with Gasteiger partial charge in [-0.15, -0.1) is 0 Å². The molecule has 66 valence electrons. The molecule has 0 radical (unpaired) electrons. The highest BCUT2D eigenvalue weighted by molar-refractivity contribution is 5.80. The van der Waals surface area contributed by atoms with Gasteiger partial charge in [0.1, 0.15) is 0 Å². The highest BCUT2D eigenvalue weighted by Gasteiger charge is 2.26. The van der Waals surface area contributed by atoms with Crippen molar-refractivity contribution in [3.63, 3.8) is 0 Å². The highest BCUT2D eigenvalue weighted by Crippen LogP contribution is 2.41. The Hall–Kier alpha value is -1.31. The van der Waals surface area contributed by atoms with Crippen molar-refractivity contribution in [2.75, 3.05) is 0 Å². The molecule has 2 heteroatoms. The number of aromatic nitrogens is 2. The lowest BCUT2D eigenvalue weighted by Gasteiger charge is -2.00. The van der Waals surface area contributed by atoms with E-state index in [2.05, 4.69) is 28.7 Å². The third-order valence-electron chi connectivity index (χ3n) is 2.88. The summed E-state index contributed by atoms with van der Waals surface area (Å²) >= 11 is 0. The summed E-state index contributed by atoms with van der Waals surface area (Å²) in [5.41, 5.74) is 2.73. The number of rotatable bonds is 1. The van der Waals surface area contributed by atoms with Gasteiger partial charge in [-0.05, 0) is 30.9 Å². The minimum absolute atomic E-state index is 0.817. The molecule has 1 saturated carbocycles. The van der Waals surface area contributed by atoms with Gasteiger partial charge in [0.2, 0.25) is 0 Å². The third-order valence-corrected chi connectivity index (χ3v) is 2.88. The second-order valence-electron chi connectivity index (χ2n) is 3.84. The van der Waals surface area contributed by atoms with Crippen molar-refractivity contribution < 1.29 is 0 Å². The third kappa shape index (κ3) is 0.981. The summed E-state index contributed by atoms with van der Waals surface area (Å²) in [7, 11) is 2.14. The van der Waals surface area contributed by atoms with Crippen molar-refractivity contribution in [2.45, 2.75) is 18.8 Å². The average Bonchev–Trinajstić information content (AvgIpc) is 2.94. The Morgan fingerprint density at radius 1 is 1.46 bits per heavy atom. The van der Waals surface area contributed by atoms with E-state index in [0.29, 0.717) is 0 Å². The zero-order chi connectivity index (χ0) is 8.84. The molecule has 0 saturated heterocycles. The van der Waals surface area contributed by atoms with Crippen LogP contribution in [0.2, 0.25) is 0 Å². The zero-order valence-corrected chi connectivity index (χ0v) is 7.70. The van der Waals surface area contributed by atoms with Gasteiger partial charge in [-0.1, -0.05) is 0 Å². The summed E-state index contributed by atoms with van der Waals surface area (Å²) in [6.45, 7) is 0. The lowest BCUT2D eigenvalue weighted by Crippen LogP contribution is -1.93. The van der Waals surface area contributed by atoms with E-state index in [0.717, 1.165) is 5.92 Å². The molecule has 2 heterocycles. The summed E-state index contributed by atoms with van der Waals surface area (Å²) in [5, 5.41) is 1.32. The largest absolute Gasteiger partial charge is 0.346 e. The van der Waals surface area contributed by atoms with Gasteiger partial charge in [-0.3, -0.25) is 4.98 Å². The van der Waals surface area contributed by atoms with Crippen LogP contribution in [0.25, 0.3) is 10.9 Å². The number of nitrogens with zero attached hydrogens (tertiary/aromatic N) is 2. The lowest BCUT2D eigenvalue weighted by atomic mass is 10.2. The number of hydrogen-bond acceptors (Lipinski definition) is 1. The predicted molar refractivity (Wildman–Crippen MR) is 52.7 cm³/mol. The Morgan fingerprint density at radius 2 is 2.31 bits per heavy atom. The summed E-state index contributed by atoms with van der Waals surface area (Å²) in [5.74, 6) is 0.817. The molecule has 2 nitrogen and oxygen atoms in total. The van der Waals surface area contributed by atoms with Gasteiger partial charge in [0.25, 0.3) is 0 Å². The topological polar surface area (TPSA) is 17.8 Å². The molecule has 2 aromatic heterocycles. The number of pyridine rings is 1. The van der Waals surface area contributed by atoms with Crippen molar-refractivity contribution >= 4 is 10.9 Å². The van der Waals surface area contributed by atoms with Crippen molar-refractivity contribution in [2.24, 2.45) is 7.05 Å². The number of hydrogen-bond donors (Lipinski definition) is 0. The van der Waals surface area contributed by atoms with E-state index >= 15 is 0 Å². The Balaban J connectivity index is 2.30. The molecule has 0 aliphatic heterocycles. The fourth-order valence-electron chi connectivity index (χ4n) is 1.97. The Kier molecular flexibility index (Phi) is 1.29. The first-order chi connectivity index (χ1) is 6.36. The van der Waals surface area contributed by atoms with E-state index in [9.17, 15) is 0 Å². The molecule has 0 amide bonds. The SMILES string of the molecule is Cn1c(C2CC2)cc2ccncc21.